The summed E-state index contributed by atoms with van der Waals surface area (Å²) < 4.78 is 6.57. The molecule has 0 aromatic heterocycles. The van der Waals surface area contributed by atoms with Gasteiger partial charge < -0.3 is 15.0 Å². The molecule has 1 amide bonds. The molecule has 1 fully saturated rings. The second-order valence-electron chi connectivity index (χ2n) is 4.70. The summed E-state index contributed by atoms with van der Waals surface area (Å²) in [6.07, 6.45) is 0.427. The van der Waals surface area contributed by atoms with Gasteiger partial charge in [0.15, 0.2) is 0 Å². The van der Waals surface area contributed by atoms with Gasteiger partial charge in [-0.15, -0.1) is 0 Å². The molecular formula is C14H19BrN2O2. The summed E-state index contributed by atoms with van der Waals surface area (Å²) in [5.41, 5.74) is 0. The number of nitrogens with zero attached hydrogens (tertiary/aromatic N) is 1. The first kappa shape index (κ1) is 14.3. The molecule has 1 aliphatic heterocycles. The Morgan fingerprint density at radius 1 is 1.58 bits per heavy atom. The second kappa shape index (κ2) is 6.91. The molecule has 4 nitrogen and oxygen atoms in total. The van der Waals surface area contributed by atoms with Gasteiger partial charge in [0.05, 0.1) is 13.0 Å². The quantitative estimate of drug-likeness (QED) is 0.920. The zero-order valence-electron chi connectivity index (χ0n) is 11.1. The van der Waals surface area contributed by atoms with Crippen LogP contribution in [0, 0.1) is 0 Å². The van der Waals surface area contributed by atoms with Crippen molar-refractivity contribution in [1.82, 2.24) is 10.2 Å². The van der Waals surface area contributed by atoms with E-state index < -0.39 is 0 Å². The molecule has 1 unspecified atom stereocenters. The number of carbonyl (C=O) groups excluding carboxylic acids is 1. The Hall–Kier alpha value is -1.07. The van der Waals surface area contributed by atoms with E-state index in [1.165, 1.54) is 0 Å². The van der Waals surface area contributed by atoms with Crippen molar-refractivity contribution < 1.29 is 9.53 Å². The maximum atomic E-state index is 12.1. The smallest absolute Gasteiger partial charge is 0.226 e. The Morgan fingerprint density at radius 2 is 2.42 bits per heavy atom. The van der Waals surface area contributed by atoms with Gasteiger partial charge in [-0.2, -0.15) is 0 Å². The molecule has 1 aromatic rings. The first-order valence-corrected chi connectivity index (χ1v) is 7.34. The lowest BCUT2D eigenvalue weighted by Gasteiger charge is -2.34. The van der Waals surface area contributed by atoms with E-state index in [4.69, 9.17) is 4.74 Å². The van der Waals surface area contributed by atoms with E-state index in [9.17, 15) is 4.79 Å². The van der Waals surface area contributed by atoms with Crippen molar-refractivity contribution in [3.05, 3.63) is 28.7 Å². The number of piperazine rings is 1. The maximum Gasteiger partial charge on any atom is 0.226 e. The Balaban J connectivity index is 1.77. The van der Waals surface area contributed by atoms with Crippen molar-refractivity contribution in [1.29, 1.82) is 0 Å². The van der Waals surface area contributed by atoms with Crippen molar-refractivity contribution in [2.45, 2.75) is 19.4 Å². The molecule has 2 rings (SSSR count). The predicted molar refractivity (Wildman–Crippen MR) is 78.3 cm³/mol. The van der Waals surface area contributed by atoms with Crippen molar-refractivity contribution in [3.63, 3.8) is 0 Å². The highest BCUT2D eigenvalue weighted by atomic mass is 79.9. The number of carbonyl (C=O) groups is 1. The van der Waals surface area contributed by atoms with E-state index in [2.05, 4.69) is 28.2 Å². The number of ether oxygens (including phenoxy) is 1. The largest absolute Gasteiger partial charge is 0.493 e. The number of hydrogen-bond donors (Lipinski definition) is 1. The number of hydrogen-bond acceptors (Lipinski definition) is 3. The van der Waals surface area contributed by atoms with Crippen LogP contribution in [-0.4, -0.2) is 43.1 Å². The Kier molecular flexibility index (Phi) is 5.22. The van der Waals surface area contributed by atoms with E-state index in [-0.39, 0.29) is 11.9 Å². The number of halogens is 1. The molecule has 0 aliphatic carbocycles. The van der Waals surface area contributed by atoms with Gasteiger partial charge in [0.2, 0.25) is 5.91 Å². The van der Waals surface area contributed by atoms with Crippen LogP contribution in [0.5, 0.6) is 5.75 Å². The molecule has 0 bridgehead atoms. The predicted octanol–water partition coefficient (Wildman–Crippen LogP) is 2.04. The number of amides is 1. The van der Waals surface area contributed by atoms with Gasteiger partial charge in [-0.05, 0) is 25.1 Å². The SMILES string of the molecule is CC1CNCCN1C(=O)CCOc1cccc(Br)c1. The highest BCUT2D eigenvalue weighted by molar-refractivity contribution is 9.10. The minimum atomic E-state index is 0.170. The standard InChI is InChI=1S/C14H19BrN2O2/c1-11-10-16-6-7-17(11)14(18)5-8-19-13-4-2-3-12(15)9-13/h2-4,9,11,16H,5-8,10H2,1H3. The zero-order valence-corrected chi connectivity index (χ0v) is 12.6. The van der Waals surface area contributed by atoms with Crippen LogP contribution in [0.1, 0.15) is 13.3 Å². The molecule has 1 aromatic carbocycles. The van der Waals surface area contributed by atoms with Crippen LogP contribution in [0.3, 0.4) is 0 Å². The fourth-order valence-electron chi connectivity index (χ4n) is 2.17. The van der Waals surface area contributed by atoms with E-state index in [0.29, 0.717) is 13.0 Å². The molecule has 1 N–H and O–H groups in total. The summed E-state index contributed by atoms with van der Waals surface area (Å²) >= 11 is 3.39. The van der Waals surface area contributed by atoms with Crippen LogP contribution in [-0.2, 0) is 4.79 Å². The number of benzene rings is 1. The zero-order chi connectivity index (χ0) is 13.7. The van der Waals surface area contributed by atoms with E-state index in [0.717, 1.165) is 29.9 Å². The average molecular weight is 327 g/mol. The normalized spacial score (nSPS) is 19.3. The highest BCUT2D eigenvalue weighted by Gasteiger charge is 2.22. The van der Waals surface area contributed by atoms with Crippen LogP contribution in [0.15, 0.2) is 28.7 Å². The third-order valence-electron chi connectivity index (χ3n) is 3.20. The number of rotatable bonds is 4. The summed E-state index contributed by atoms with van der Waals surface area (Å²) in [5.74, 6) is 0.958. The van der Waals surface area contributed by atoms with Crippen molar-refractivity contribution in [2.24, 2.45) is 0 Å². The average Bonchev–Trinajstić information content (AvgIpc) is 2.39. The van der Waals surface area contributed by atoms with Crippen LogP contribution in [0.25, 0.3) is 0 Å². The van der Waals surface area contributed by atoms with Gasteiger partial charge in [-0.1, -0.05) is 22.0 Å². The Morgan fingerprint density at radius 3 is 3.16 bits per heavy atom. The minimum absolute atomic E-state index is 0.170. The molecule has 1 atom stereocenters. The molecule has 104 valence electrons. The lowest BCUT2D eigenvalue weighted by atomic mass is 10.2. The Bertz CT molecular complexity index is 439. The van der Waals surface area contributed by atoms with Crippen LogP contribution >= 0.6 is 15.9 Å². The fraction of sp³-hybridized carbons (Fsp3) is 0.500. The van der Waals surface area contributed by atoms with Crippen LogP contribution in [0.4, 0.5) is 0 Å². The van der Waals surface area contributed by atoms with Crippen LogP contribution < -0.4 is 10.1 Å². The first-order valence-electron chi connectivity index (χ1n) is 6.55. The number of nitrogens with one attached hydrogen (secondary N) is 1. The highest BCUT2D eigenvalue weighted by Crippen LogP contribution is 2.18. The summed E-state index contributed by atoms with van der Waals surface area (Å²) in [5, 5.41) is 3.28. The van der Waals surface area contributed by atoms with E-state index in [1.54, 1.807) is 0 Å². The molecule has 1 saturated heterocycles. The molecule has 0 radical (unpaired) electrons. The van der Waals surface area contributed by atoms with E-state index in [1.807, 2.05) is 29.2 Å². The monoisotopic (exact) mass is 326 g/mol. The lowest BCUT2D eigenvalue weighted by molar-refractivity contribution is -0.134. The molecular weight excluding hydrogens is 308 g/mol. The molecule has 1 heterocycles. The van der Waals surface area contributed by atoms with Gasteiger partial charge in [0, 0.05) is 30.1 Å². The van der Waals surface area contributed by atoms with E-state index >= 15 is 0 Å². The van der Waals surface area contributed by atoms with Crippen molar-refractivity contribution >= 4 is 21.8 Å². The third-order valence-corrected chi connectivity index (χ3v) is 3.70. The lowest BCUT2D eigenvalue weighted by Crippen LogP contribution is -2.52. The summed E-state index contributed by atoms with van der Waals surface area (Å²) in [4.78, 5) is 14.0. The molecule has 19 heavy (non-hydrogen) atoms. The summed E-state index contributed by atoms with van der Waals surface area (Å²) in [6, 6.07) is 7.92. The van der Waals surface area contributed by atoms with Gasteiger partial charge in [0.25, 0.3) is 0 Å². The first-order chi connectivity index (χ1) is 9.16. The van der Waals surface area contributed by atoms with Gasteiger partial charge in [0.1, 0.15) is 5.75 Å². The van der Waals surface area contributed by atoms with Gasteiger partial charge in [-0.3, -0.25) is 4.79 Å². The molecule has 0 saturated carbocycles. The molecule has 0 spiro atoms. The Labute approximate surface area is 122 Å². The van der Waals surface area contributed by atoms with Gasteiger partial charge in [-0.25, -0.2) is 0 Å². The fourth-order valence-corrected chi connectivity index (χ4v) is 2.55. The topological polar surface area (TPSA) is 41.6 Å². The second-order valence-corrected chi connectivity index (χ2v) is 5.61. The maximum absolute atomic E-state index is 12.1. The van der Waals surface area contributed by atoms with Crippen molar-refractivity contribution in [2.75, 3.05) is 26.2 Å². The minimum Gasteiger partial charge on any atom is -0.493 e. The summed E-state index contributed by atoms with van der Waals surface area (Å²) in [7, 11) is 0. The van der Waals surface area contributed by atoms with Crippen molar-refractivity contribution in [3.8, 4) is 5.75 Å². The summed E-state index contributed by atoms with van der Waals surface area (Å²) in [6.45, 7) is 5.03. The van der Waals surface area contributed by atoms with Crippen LogP contribution in [0.2, 0.25) is 0 Å². The molecule has 5 heteroatoms. The molecule has 1 aliphatic rings. The van der Waals surface area contributed by atoms with Gasteiger partial charge >= 0.3 is 0 Å². The third kappa shape index (κ3) is 4.21.